The van der Waals surface area contributed by atoms with E-state index in [0.29, 0.717) is 0 Å². The Kier molecular flexibility index (Phi) is 2.06. The van der Waals surface area contributed by atoms with Crippen molar-refractivity contribution >= 4 is 0 Å². The van der Waals surface area contributed by atoms with Crippen LogP contribution in [-0.2, 0) is 0 Å². The first kappa shape index (κ1) is 8.25. The van der Waals surface area contributed by atoms with Crippen molar-refractivity contribution in [2.45, 2.75) is 31.7 Å². The highest BCUT2D eigenvalue weighted by Crippen LogP contribution is 2.34. The van der Waals surface area contributed by atoms with Gasteiger partial charge in [0.25, 0.3) is 0 Å². The second kappa shape index (κ2) is 3.25. The molecule has 2 nitrogen and oxygen atoms in total. The Labute approximate surface area is 80.7 Å². The molecule has 1 unspecified atom stereocenters. The molecular weight excluding hydrogens is 160 g/mol. The molecule has 0 aliphatic carbocycles. The third-order valence-corrected chi connectivity index (χ3v) is 4.18. The van der Waals surface area contributed by atoms with Crippen LogP contribution < -0.4 is 5.32 Å². The molecule has 0 aromatic rings. The Hall–Kier alpha value is -0.0800. The smallest absolute Gasteiger partial charge is 0.0136 e. The molecule has 1 N–H and O–H groups in total. The molecule has 3 aliphatic rings. The van der Waals surface area contributed by atoms with Crippen molar-refractivity contribution in [3.05, 3.63) is 0 Å². The van der Waals surface area contributed by atoms with E-state index in [4.69, 9.17) is 0 Å². The standard InChI is InChI=1S/C11H20N2/c1-2-4-13-8-9-5-10(7-12-6-9)11(13)3-1/h9-12H,1-8H2/t9-,10-,11?/m1/s1. The Morgan fingerprint density at radius 2 is 2.15 bits per heavy atom. The van der Waals surface area contributed by atoms with Crippen molar-refractivity contribution in [1.29, 1.82) is 0 Å². The molecular formula is C11H20N2. The second-order valence-electron chi connectivity index (χ2n) is 5.08. The largest absolute Gasteiger partial charge is 0.316 e. The van der Waals surface area contributed by atoms with Gasteiger partial charge < -0.3 is 5.32 Å². The minimum absolute atomic E-state index is 0.942. The van der Waals surface area contributed by atoms with Crippen LogP contribution in [0.2, 0.25) is 0 Å². The fourth-order valence-corrected chi connectivity index (χ4v) is 3.61. The molecule has 0 aromatic carbocycles. The van der Waals surface area contributed by atoms with Crippen molar-refractivity contribution in [2.24, 2.45) is 11.8 Å². The molecule has 0 amide bonds. The van der Waals surface area contributed by atoms with Crippen molar-refractivity contribution < 1.29 is 0 Å². The Morgan fingerprint density at radius 3 is 3.15 bits per heavy atom. The first-order valence-electron chi connectivity index (χ1n) is 5.88. The van der Waals surface area contributed by atoms with Crippen LogP contribution in [0.4, 0.5) is 0 Å². The summed E-state index contributed by atoms with van der Waals surface area (Å²) in [5.41, 5.74) is 0. The van der Waals surface area contributed by atoms with Crippen molar-refractivity contribution in [3.8, 4) is 0 Å². The van der Waals surface area contributed by atoms with E-state index in [1.165, 1.54) is 51.9 Å². The van der Waals surface area contributed by atoms with E-state index in [1.54, 1.807) is 0 Å². The van der Waals surface area contributed by atoms with Crippen LogP contribution in [0.25, 0.3) is 0 Å². The quantitative estimate of drug-likeness (QED) is 0.600. The summed E-state index contributed by atoms with van der Waals surface area (Å²) >= 11 is 0. The Bertz CT molecular complexity index is 189. The van der Waals surface area contributed by atoms with Crippen LogP contribution in [0, 0.1) is 11.8 Å². The molecule has 3 rings (SSSR count). The average molecular weight is 180 g/mol. The fourth-order valence-electron chi connectivity index (χ4n) is 3.61. The van der Waals surface area contributed by atoms with E-state index in [9.17, 15) is 0 Å². The zero-order chi connectivity index (χ0) is 8.67. The molecule has 0 saturated carbocycles. The summed E-state index contributed by atoms with van der Waals surface area (Å²) in [6, 6.07) is 0.942. The fraction of sp³-hybridized carbons (Fsp3) is 1.00. The van der Waals surface area contributed by atoms with E-state index in [1.807, 2.05) is 0 Å². The molecule has 74 valence electrons. The van der Waals surface area contributed by atoms with Gasteiger partial charge in [-0.05, 0) is 50.7 Å². The lowest BCUT2D eigenvalue weighted by Crippen LogP contribution is -2.58. The van der Waals surface area contributed by atoms with Gasteiger partial charge in [-0.3, -0.25) is 4.90 Å². The summed E-state index contributed by atoms with van der Waals surface area (Å²) in [6.45, 7) is 5.34. The molecule has 0 spiro atoms. The molecule has 3 saturated heterocycles. The van der Waals surface area contributed by atoms with Gasteiger partial charge in [0.05, 0.1) is 0 Å². The maximum absolute atomic E-state index is 3.59. The summed E-state index contributed by atoms with van der Waals surface area (Å²) < 4.78 is 0. The molecule has 2 heteroatoms. The lowest BCUT2D eigenvalue weighted by atomic mass is 9.77. The number of fused-ring (bicyclic) bond motifs is 4. The van der Waals surface area contributed by atoms with Crippen LogP contribution in [0.5, 0.6) is 0 Å². The van der Waals surface area contributed by atoms with Crippen LogP contribution in [0.1, 0.15) is 25.7 Å². The molecule has 3 atom stereocenters. The Balaban J connectivity index is 1.77. The van der Waals surface area contributed by atoms with Gasteiger partial charge in [-0.1, -0.05) is 6.42 Å². The number of piperidine rings is 3. The highest BCUT2D eigenvalue weighted by atomic mass is 15.2. The van der Waals surface area contributed by atoms with Gasteiger partial charge in [-0.15, -0.1) is 0 Å². The zero-order valence-electron chi connectivity index (χ0n) is 8.34. The van der Waals surface area contributed by atoms with Gasteiger partial charge in [-0.2, -0.15) is 0 Å². The van der Waals surface area contributed by atoms with E-state index >= 15 is 0 Å². The SMILES string of the molecule is C1CCN2C[C@H]3CNC[C@@H](C3)C2C1. The highest BCUT2D eigenvalue weighted by molar-refractivity contribution is 4.94. The predicted octanol–water partition coefficient (Wildman–Crippen LogP) is 1.08. The monoisotopic (exact) mass is 180 g/mol. The van der Waals surface area contributed by atoms with E-state index in [0.717, 1.165) is 17.9 Å². The number of rotatable bonds is 0. The molecule has 3 fully saturated rings. The topological polar surface area (TPSA) is 15.3 Å². The molecule has 0 radical (unpaired) electrons. The van der Waals surface area contributed by atoms with Gasteiger partial charge in [0.1, 0.15) is 0 Å². The maximum Gasteiger partial charge on any atom is 0.0136 e. The number of hydrogen-bond acceptors (Lipinski definition) is 2. The van der Waals surface area contributed by atoms with Gasteiger partial charge in [0, 0.05) is 12.6 Å². The van der Waals surface area contributed by atoms with Crippen molar-refractivity contribution in [1.82, 2.24) is 10.2 Å². The van der Waals surface area contributed by atoms with Crippen LogP contribution in [-0.4, -0.2) is 37.1 Å². The van der Waals surface area contributed by atoms with Gasteiger partial charge in [0.15, 0.2) is 0 Å². The third-order valence-electron chi connectivity index (χ3n) is 4.18. The minimum Gasteiger partial charge on any atom is -0.316 e. The summed E-state index contributed by atoms with van der Waals surface area (Å²) in [4.78, 5) is 2.78. The molecule has 2 bridgehead atoms. The maximum atomic E-state index is 3.59. The Morgan fingerprint density at radius 1 is 1.15 bits per heavy atom. The first-order valence-corrected chi connectivity index (χ1v) is 5.88. The van der Waals surface area contributed by atoms with E-state index in [-0.39, 0.29) is 0 Å². The average Bonchev–Trinajstić information content (AvgIpc) is 2.18. The van der Waals surface area contributed by atoms with Gasteiger partial charge in [0.2, 0.25) is 0 Å². The van der Waals surface area contributed by atoms with E-state index in [2.05, 4.69) is 10.2 Å². The molecule has 3 heterocycles. The third kappa shape index (κ3) is 1.40. The lowest BCUT2D eigenvalue weighted by molar-refractivity contribution is 0.0109. The van der Waals surface area contributed by atoms with E-state index < -0.39 is 0 Å². The van der Waals surface area contributed by atoms with Crippen LogP contribution in [0.15, 0.2) is 0 Å². The zero-order valence-corrected chi connectivity index (χ0v) is 8.34. The molecule has 0 aromatic heterocycles. The van der Waals surface area contributed by atoms with Gasteiger partial charge >= 0.3 is 0 Å². The molecule has 13 heavy (non-hydrogen) atoms. The first-order chi connectivity index (χ1) is 6.43. The van der Waals surface area contributed by atoms with Crippen LogP contribution in [0.3, 0.4) is 0 Å². The normalized spacial score (nSPS) is 45.7. The predicted molar refractivity (Wildman–Crippen MR) is 53.7 cm³/mol. The second-order valence-corrected chi connectivity index (χ2v) is 5.08. The minimum atomic E-state index is 0.942. The molecule has 3 aliphatic heterocycles. The van der Waals surface area contributed by atoms with Crippen LogP contribution >= 0.6 is 0 Å². The highest BCUT2D eigenvalue weighted by Gasteiger charge is 2.38. The number of nitrogens with zero attached hydrogens (tertiary/aromatic N) is 1. The summed E-state index contributed by atoms with van der Waals surface area (Å²) in [7, 11) is 0. The van der Waals surface area contributed by atoms with Gasteiger partial charge in [-0.25, -0.2) is 0 Å². The lowest BCUT2D eigenvalue weighted by Gasteiger charge is -2.50. The number of hydrogen-bond donors (Lipinski definition) is 1. The summed E-state index contributed by atoms with van der Waals surface area (Å²) in [5.74, 6) is 1.95. The van der Waals surface area contributed by atoms with Crippen molar-refractivity contribution in [2.75, 3.05) is 26.2 Å². The van der Waals surface area contributed by atoms with Crippen molar-refractivity contribution in [3.63, 3.8) is 0 Å². The number of nitrogens with one attached hydrogen (secondary N) is 1. The summed E-state index contributed by atoms with van der Waals surface area (Å²) in [6.07, 6.45) is 5.90. The summed E-state index contributed by atoms with van der Waals surface area (Å²) in [5, 5.41) is 3.59.